The molecule has 4 aromatic heterocycles. The minimum Gasteiger partial charge on any atom is -0.481 e. The summed E-state index contributed by atoms with van der Waals surface area (Å²) < 4.78 is 55.5. The van der Waals surface area contributed by atoms with E-state index in [4.69, 9.17) is 0 Å². The van der Waals surface area contributed by atoms with Gasteiger partial charge in [0, 0.05) is 29.4 Å². The molecule has 4 heterocycles. The summed E-state index contributed by atoms with van der Waals surface area (Å²) in [4.78, 5) is 23.5. The molecule has 35 heavy (non-hydrogen) atoms. The predicted molar refractivity (Wildman–Crippen MR) is 117 cm³/mol. The Hall–Kier alpha value is -3.70. The van der Waals surface area contributed by atoms with Crippen LogP contribution < -0.4 is 5.32 Å². The van der Waals surface area contributed by atoms with Crippen molar-refractivity contribution in [3.05, 3.63) is 42.1 Å². The van der Waals surface area contributed by atoms with E-state index in [-0.39, 0.29) is 29.0 Å². The molecule has 0 spiro atoms. The molecular formula is C23H20F4N6O2. The monoisotopic (exact) mass is 488 g/mol. The van der Waals surface area contributed by atoms with E-state index in [1.807, 2.05) is 0 Å². The lowest BCUT2D eigenvalue weighted by atomic mass is 9.61. The second kappa shape index (κ2) is 7.65. The SMILES string of the molecule is O=C(O)[C@H]1[C@H]2CC[C@H](CC2)[C@@H]1Nc1nc(-c2c[nH]c3ncc(F)cc23)nn2cc(C(F)(F)F)cc12. The van der Waals surface area contributed by atoms with E-state index < -0.39 is 35.5 Å². The zero-order valence-corrected chi connectivity index (χ0v) is 18.2. The summed E-state index contributed by atoms with van der Waals surface area (Å²) in [6.45, 7) is 0. The van der Waals surface area contributed by atoms with E-state index in [0.717, 1.165) is 48.7 Å². The molecule has 3 aliphatic carbocycles. The molecular weight excluding hydrogens is 468 g/mol. The van der Waals surface area contributed by atoms with Gasteiger partial charge in [-0.25, -0.2) is 18.9 Å². The first-order valence-electron chi connectivity index (χ1n) is 11.3. The van der Waals surface area contributed by atoms with E-state index in [0.29, 0.717) is 16.6 Å². The molecule has 3 N–H and O–H groups in total. The number of fused-ring (bicyclic) bond motifs is 5. The van der Waals surface area contributed by atoms with Crippen LogP contribution in [-0.4, -0.2) is 41.7 Å². The Labute approximate surface area is 195 Å². The molecule has 3 fully saturated rings. The van der Waals surface area contributed by atoms with Gasteiger partial charge in [-0.2, -0.15) is 13.2 Å². The molecule has 0 radical (unpaired) electrons. The normalized spacial score (nSPS) is 24.3. The lowest BCUT2D eigenvalue weighted by Gasteiger charge is -2.47. The number of rotatable bonds is 4. The van der Waals surface area contributed by atoms with Crippen LogP contribution in [-0.2, 0) is 11.0 Å². The van der Waals surface area contributed by atoms with Gasteiger partial charge in [-0.05, 0) is 49.7 Å². The number of hydrogen-bond acceptors (Lipinski definition) is 5. The zero-order chi connectivity index (χ0) is 24.5. The predicted octanol–water partition coefficient (Wildman–Crippen LogP) is 4.73. The maximum absolute atomic E-state index is 13.9. The number of carboxylic acids is 1. The molecule has 0 saturated heterocycles. The molecule has 4 aromatic rings. The highest BCUT2D eigenvalue weighted by molar-refractivity contribution is 5.92. The number of carbonyl (C=O) groups is 1. The van der Waals surface area contributed by atoms with Crippen molar-refractivity contribution in [1.82, 2.24) is 24.6 Å². The Morgan fingerprint density at radius 1 is 1.17 bits per heavy atom. The summed E-state index contributed by atoms with van der Waals surface area (Å²) in [6.07, 6.45) is 2.16. The maximum atomic E-state index is 13.9. The first-order valence-corrected chi connectivity index (χ1v) is 11.3. The summed E-state index contributed by atoms with van der Waals surface area (Å²) in [5, 5.41) is 17.7. The molecule has 3 saturated carbocycles. The fourth-order valence-electron chi connectivity index (χ4n) is 5.71. The number of pyridine rings is 1. The van der Waals surface area contributed by atoms with Crippen LogP contribution in [0.1, 0.15) is 31.2 Å². The Balaban J connectivity index is 1.51. The average Bonchev–Trinajstić information content (AvgIpc) is 3.43. The average molecular weight is 488 g/mol. The van der Waals surface area contributed by atoms with Gasteiger partial charge in [0.1, 0.15) is 17.0 Å². The molecule has 7 rings (SSSR count). The van der Waals surface area contributed by atoms with Gasteiger partial charge in [0.2, 0.25) is 0 Å². The number of aliphatic carboxylic acids is 1. The van der Waals surface area contributed by atoms with Gasteiger partial charge in [0.15, 0.2) is 11.6 Å². The first-order chi connectivity index (χ1) is 16.7. The smallest absolute Gasteiger partial charge is 0.417 e. The third kappa shape index (κ3) is 3.58. The van der Waals surface area contributed by atoms with Gasteiger partial charge in [-0.15, -0.1) is 5.10 Å². The summed E-state index contributed by atoms with van der Waals surface area (Å²) in [6, 6.07) is 1.71. The number of aromatic amines is 1. The lowest BCUT2D eigenvalue weighted by molar-refractivity contribution is -0.148. The van der Waals surface area contributed by atoms with Crippen LogP contribution >= 0.6 is 0 Å². The summed E-state index contributed by atoms with van der Waals surface area (Å²) in [5.74, 6) is -1.93. The maximum Gasteiger partial charge on any atom is 0.417 e. The van der Waals surface area contributed by atoms with E-state index in [1.165, 1.54) is 12.3 Å². The molecule has 2 bridgehead atoms. The number of hydrogen-bond donors (Lipinski definition) is 3. The number of aromatic nitrogens is 5. The van der Waals surface area contributed by atoms with Crippen LogP contribution in [0, 0.1) is 23.6 Å². The van der Waals surface area contributed by atoms with Crippen LogP contribution in [0.3, 0.4) is 0 Å². The van der Waals surface area contributed by atoms with Gasteiger partial charge in [-0.3, -0.25) is 4.79 Å². The quantitative estimate of drug-likeness (QED) is 0.359. The molecule has 182 valence electrons. The van der Waals surface area contributed by atoms with Crippen molar-refractivity contribution < 1.29 is 27.5 Å². The fraction of sp³-hybridized carbons (Fsp3) is 0.391. The van der Waals surface area contributed by atoms with E-state index >= 15 is 0 Å². The highest BCUT2D eigenvalue weighted by Gasteiger charge is 2.47. The van der Waals surface area contributed by atoms with Crippen molar-refractivity contribution in [3.63, 3.8) is 0 Å². The summed E-state index contributed by atoms with van der Waals surface area (Å²) >= 11 is 0. The molecule has 2 atom stereocenters. The Morgan fingerprint density at radius 2 is 1.91 bits per heavy atom. The second-order valence-electron chi connectivity index (χ2n) is 9.30. The van der Waals surface area contributed by atoms with Gasteiger partial charge in [0.05, 0.1) is 17.7 Å². The first kappa shape index (κ1) is 21.8. The van der Waals surface area contributed by atoms with Crippen molar-refractivity contribution in [1.29, 1.82) is 0 Å². The van der Waals surface area contributed by atoms with Crippen molar-refractivity contribution in [2.75, 3.05) is 5.32 Å². The molecule has 8 nitrogen and oxygen atoms in total. The van der Waals surface area contributed by atoms with Crippen molar-refractivity contribution in [2.45, 2.75) is 37.9 Å². The Morgan fingerprint density at radius 3 is 2.63 bits per heavy atom. The lowest BCUT2D eigenvalue weighted by Crippen LogP contribution is -2.51. The molecule has 3 aliphatic rings. The van der Waals surface area contributed by atoms with Crippen LogP contribution in [0.4, 0.5) is 23.4 Å². The van der Waals surface area contributed by atoms with Gasteiger partial charge in [0.25, 0.3) is 0 Å². The topological polar surface area (TPSA) is 108 Å². The number of alkyl halides is 3. The summed E-state index contributed by atoms with van der Waals surface area (Å²) in [7, 11) is 0. The molecule has 0 aromatic carbocycles. The van der Waals surface area contributed by atoms with Crippen molar-refractivity contribution >= 4 is 28.3 Å². The minimum absolute atomic E-state index is 0.00696. The van der Waals surface area contributed by atoms with Crippen molar-refractivity contribution in [2.24, 2.45) is 17.8 Å². The van der Waals surface area contributed by atoms with E-state index in [2.05, 4.69) is 25.4 Å². The number of nitrogens with one attached hydrogen (secondary N) is 2. The van der Waals surface area contributed by atoms with Gasteiger partial charge >= 0.3 is 12.1 Å². The molecule has 12 heteroatoms. The Bertz CT molecular complexity index is 1450. The number of anilines is 1. The number of nitrogens with zero attached hydrogens (tertiary/aromatic N) is 4. The van der Waals surface area contributed by atoms with E-state index in [1.54, 1.807) is 0 Å². The largest absolute Gasteiger partial charge is 0.481 e. The second-order valence-corrected chi connectivity index (χ2v) is 9.30. The molecule has 0 aliphatic heterocycles. The van der Waals surface area contributed by atoms with Crippen LogP contribution in [0.15, 0.2) is 30.7 Å². The van der Waals surface area contributed by atoms with Crippen LogP contribution in [0.5, 0.6) is 0 Å². The number of halogens is 4. The van der Waals surface area contributed by atoms with E-state index in [9.17, 15) is 27.5 Å². The highest BCUT2D eigenvalue weighted by Crippen LogP contribution is 2.46. The fourth-order valence-corrected chi connectivity index (χ4v) is 5.71. The van der Waals surface area contributed by atoms with Crippen molar-refractivity contribution in [3.8, 4) is 11.4 Å². The summed E-state index contributed by atoms with van der Waals surface area (Å²) in [5.41, 5.74) is -0.0906. The molecule has 0 amide bonds. The zero-order valence-electron chi connectivity index (χ0n) is 18.2. The highest BCUT2D eigenvalue weighted by atomic mass is 19.4. The standard InChI is InChI=1S/C23H20F4N6O2/c24-13-6-14-15(8-29-19(14)28-7-13)20-31-21(16-5-12(23(25,26)27)9-33(16)32-20)30-18-11-3-1-10(2-4-11)17(18)22(34)35/h5-11,17-18H,1-4H2,(H,28,29)(H,34,35)(H,30,31,32)/t10-,11+,17-,18-/m0/s1. The van der Waals surface area contributed by atoms with Crippen LogP contribution in [0.25, 0.3) is 27.9 Å². The Kier molecular flexibility index (Phi) is 4.77. The van der Waals surface area contributed by atoms with Gasteiger partial charge < -0.3 is 15.4 Å². The van der Waals surface area contributed by atoms with Crippen LogP contribution in [0.2, 0.25) is 0 Å². The molecule has 0 unspecified atom stereocenters. The third-order valence-electron chi connectivity index (χ3n) is 7.34. The minimum atomic E-state index is -4.60. The van der Waals surface area contributed by atoms with Gasteiger partial charge in [-0.1, -0.05) is 0 Å². The number of H-pyrrole nitrogens is 1. The third-order valence-corrected chi connectivity index (χ3v) is 7.34. The number of carboxylic acid groups (broad SMARTS) is 1.